The molecule has 0 aliphatic carbocycles. The van der Waals surface area contributed by atoms with E-state index in [2.05, 4.69) is 28.6 Å². The SMILES string of the molecule is CCOc1cc2c(cc1CNC(=NC)NCCCS(=O)(=O)c1ccccc1)OC(C)C2.I. The molecule has 7 nitrogen and oxygen atoms in total. The molecule has 1 unspecified atom stereocenters. The lowest BCUT2D eigenvalue weighted by atomic mass is 10.1. The largest absolute Gasteiger partial charge is 0.494 e. The van der Waals surface area contributed by atoms with Crippen molar-refractivity contribution in [1.29, 1.82) is 0 Å². The van der Waals surface area contributed by atoms with Gasteiger partial charge in [0.15, 0.2) is 15.8 Å². The maximum absolute atomic E-state index is 12.4. The zero-order valence-corrected chi connectivity index (χ0v) is 21.9. The van der Waals surface area contributed by atoms with Crippen LogP contribution in [-0.4, -0.2) is 46.4 Å². The third kappa shape index (κ3) is 6.99. The summed E-state index contributed by atoms with van der Waals surface area (Å²) in [4.78, 5) is 4.58. The molecule has 0 aromatic heterocycles. The van der Waals surface area contributed by atoms with E-state index in [1.54, 1.807) is 37.4 Å². The first-order chi connectivity index (χ1) is 14.9. The van der Waals surface area contributed by atoms with Crippen molar-refractivity contribution >= 4 is 39.8 Å². The third-order valence-corrected chi connectivity index (χ3v) is 6.85. The number of nitrogens with one attached hydrogen (secondary N) is 2. The summed E-state index contributed by atoms with van der Waals surface area (Å²) >= 11 is 0. The molecule has 0 radical (unpaired) electrons. The predicted molar refractivity (Wildman–Crippen MR) is 138 cm³/mol. The molecule has 2 aromatic carbocycles. The Kier molecular flexibility index (Phi) is 10.1. The number of sulfone groups is 1. The van der Waals surface area contributed by atoms with Crippen LogP contribution in [0.4, 0.5) is 0 Å². The molecular weight excluding hydrogens is 541 g/mol. The number of rotatable bonds is 9. The molecule has 1 aliphatic heterocycles. The van der Waals surface area contributed by atoms with Crippen LogP contribution in [0.3, 0.4) is 0 Å². The minimum atomic E-state index is -3.27. The van der Waals surface area contributed by atoms with Gasteiger partial charge in [-0.15, -0.1) is 24.0 Å². The first kappa shape index (κ1) is 26.2. The molecule has 0 amide bonds. The Balaban J connectivity index is 0.00000363. The molecule has 0 saturated carbocycles. The summed E-state index contributed by atoms with van der Waals surface area (Å²) in [6, 6.07) is 12.6. The minimum absolute atomic E-state index is 0. The molecule has 0 saturated heterocycles. The van der Waals surface area contributed by atoms with Gasteiger partial charge in [-0.1, -0.05) is 18.2 Å². The molecule has 0 fully saturated rings. The number of benzene rings is 2. The van der Waals surface area contributed by atoms with E-state index in [1.165, 1.54) is 5.56 Å². The standard InChI is InChI=1S/C23H31N3O4S.HI/c1-4-29-21-14-18-13-17(2)30-22(18)15-19(21)16-26-23(24-3)25-11-8-12-31(27,28)20-9-6-5-7-10-20;/h5-7,9-10,14-15,17H,4,8,11-13,16H2,1-3H3,(H2,24,25,26);1H. The van der Waals surface area contributed by atoms with Gasteiger partial charge in [0.25, 0.3) is 0 Å². The van der Waals surface area contributed by atoms with Gasteiger partial charge < -0.3 is 20.1 Å². The monoisotopic (exact) mass is 573 g/mol. The maximum atomic E-state index is 12.4. The number of nitrogens with zero attached hydrogens (tertiary/aromatic N) is 1. The third-order valence-electron chi connectivity index (χ3n) is 5.03. The predicted octanol–water partition coefficient (Wildman–Crippen LogP) is 3.56. The summed E-state index contributed by atoms with van der Waals surface area (Å²) < 4.78 is 36.4. The van der Waals surface area contributed by atoms with Crippen LogP contribution in [0.2, 0.25) is 0 Å². The lowest BCUT2D eigenvalue weighted by Crippen LogP contribution is -2.37. The summed E-state index contributed by atoms with van der Waals surface area (Å²) in [7, 11) is -1.59. The van der Waals surface area contributed by atoms with Crippen LogP contribution in [0.25, 0.3) is 0 Å². The number of hydrogen-bond donors (Lipinski definition) is 2. The molecule has 1 atom stereocenters. The van der Waals surface area contributed by atoms with Gasteiger partial charge in [0, 0.05) is 37.7 Å². The van der Waals surface area contributed by atoms with E-state index in [9.17, 15) is 8.42 Å². The minimum Gasteiger partial charge on any atom is -0.494 e. The molecule has 0 spiro atoms. The van der Waals surface area contributed by atoms with Crippen molar-refractivity contribution in [2.45, 2.75) is 44.2 Å². The second-order valence-electron chi connectivity index (χ2n) is 7.47. The van der Waals surface area contributed by atoms with Crippen LogP contribution in [0.15, 0.2) is 52.4 Å². The topological polar surface area (TPSA) is 89.0 Å². The average molecular weight is 573 g/mol. The average Bonchev–Trinajstić information content (AvgIpc) is 3.12. The van der Waals surface area contributed by atoms with Gasteiger partial charge in [-0.05, 0) is 44.5 Å². The van der Waals surface area contributed by atoms with Gasteiger partial charge in [0.05, 0.1) is 17.3 Å². The lowest BCUT2D eigenvalue weighted by molar-refractivity contribution is 0.254. The van der Waals surface area contributed by atoms with E-state index < -0.39 is 9.84 Å². The van der Waals surface area contributed by atoms with Gasteiger partial charge in [-0.25, -0.2) is 8.42 Å². The van der Waals surface area contributed by atoms with Gasteiger partial charge in [0.1, 0.15) is 17.6 Å². The highest BCUT2D eigenvalue weighted by molar-refractivity contribution is 14.0. The molecule has 2 N–H and O–H groups in total. The Hall–Kier alpha value is -2.01. The Morgan fingerprint density at radius 1 is 1.22 bits per heavy atom. The van der Waals surface area contributed by atoms with E-state index in [1.807, 2.05) is 13.0 Å². The Morgan fingerprint density at radius 3 is 2.66 bits per heavy atom. The highest BCUT2D eigenvalue weighted by atomic mass is 127. The summed E-state index contributed by atoms with van der Waals surface area (Å²) in [6.45, 7) is 5.62. The fourth-order valence-corrected chi connectivity index (χ4v) is 4.86. The van der Waals surface area contributed by atoms with Crippen LogP contribution in [0, 0.1) is 0 Å². The maximum Gasteiger partial charge on any atom is 0.191 e. The Morgan fingerprint density at radius 2 is 1.97 bits per heavy atom. The molecule has 3 rings (SSSR count). The van der Waals surface area contributed by atoms with E-state index in [4.69, 9.17) is 9.47 Å². The zero-order chi connectivity index (χ0) is 22.3. The number of guanidine groups is 1. The van der Waals surface area contributed by atoms with E-state index >= 15 is 0 Å². The lowest BCUT2D eigenvalue weighted by Gasteiger charge is -2.15. The number of ether oxygens (including phenoxy) is 2. The van der Waals surface area contributed by atoms with E-state index in [0.717, 1.165) is 23.5 Å². The van der Waals surface area contributed by atoms with Gasteiger partial charge >= 0.3 is 0 Å². The van der Waals surface area contributed by atoms with Crippen LogP contribution >= 0.6 is 24.0 Å². The Labute approximate surface area is 207 Å². The molecule has 1 heterocycles. The highest BCUT2D eigenvalue weighted by Gasteiger charge is 2.22. The Bertz CT molecular complexity index is 1010. The first-order valence-electron chi connectivity index (χ1n) is 10.6. The fraction of sp³-hybridized carbons (Fsp3) is 0.435. The van der Waals surface area contributed by atoms with Crippen LogP contribution in [0.5, 0.6) is 11.5 Å². The summed E-state index contributed by atoms with van der Waals surface area (Å²) in [5.74, 6) is 2.43. The van der Waals surface area contributed by atoms with Gasteiger partial charge in [-0.2, -0.15) is 0 Å². The quantitative estimate of drug-likeness (QED) is 0.207. The molecular formula is C23H32IN3O4S. The van der Waals surface area contributed by atoms with Crippen LogP contribution < -0.4 is 20.1 Å². The smallest absolute Gasteiger partial charge is 0.191 e. The van der Waals surface area contributed by atoms with Crippen molar-refractivity contribution in [3.8, 4) is 11.5 Å². The second kappa shape index (κ2) is 12.3. The number of hydrogen-bond acceptors (Lipinski definition) is 5. The van der Waals surface area contributed by atoms with Crippen LogP contribution in [-0.2, 0) is 22.8 Å². The van der Waals surface area contributed by atoms with Crippen molar-refractivity contribution in [2.75, 3.05) is 26.0 Å². The van der Waals surface area contributed by atoms with Crippen molar-refractivity contribution in [1.82, 2.24) is 10.6 Å². The normalized spacial score (nSPS) is 15.3. The second-order valence-corrected chi connectivity index (χ2v) is 9.58. The molecule has 0 bridgehead atoms. The number of aliphatic imine (C=N–C) groups is 1. The summed E-state index contributed by atoms with van der Waals surface area (Å²) in [5, 5.41) is 6.45. The van der Waals surface area contributed by atoms with Crippen LogP contribution in [0.1, 0.15) is 31.4 Å². The zero-order valence-electron chi connectivity index (χ0n) is 18.8. The van der Waals surface area contributed by atoms with E-state index in [0.29, 0.717) is 37.0 Å². The van der Waals surface area contributed by atoms with Crippen molar-refractivity contribution in [3.63, 3.8) is 0 Å². The fourth-order valence-electron chi connectivity index (χ4n) is 3.52. The summed E-state index contributed by atoms with van der Waals surface area (Å²) in [5.41, 5.74) is 2.16. The van der Waals surface area contributed by atoms with Gasteiger partial charge in [0.2, 0.25) is 0 Å². The molecule has 32 heavy (non-hydrogen) atoms. The van der Waals surface area contributed by atoms with Crippen molar-refractivity contribution in [2.24, 2.45) is 4.99 Å². The highest BCUT2D eigenvalue weighted by Crippen LogP contribution is 2.35. The summed E-state index contributed by atoms with van der Waals surface area (Å²) in [6.07, 6.45) is 1.54. The number of halogens is 1. The molecule has 1 aliphatic rings. The van der Waals surface area contributed by atoms with Crippen molar-refractivity contribution < 1.29 is 17.9 Å². The molecule has 2 aromatic rings. The molecule has 176 valence electrons. The molecule has 9 heteroatoms. The number of fused-ring (bicyclic) bond motifs is 1. The van der Waals surface area contributed by atoms with Gasteiger partial charge in [-0.3, -0.25) is 4.99 Å². The first-order valence-corrected chi connectivity index (χ1v) is 12.3. The van der Waals surface area contributed by atoms with Crippen molar-refractivity contribution in [3.05, 3.63) is 53.6 Å². The van der Waals surface area contributed by atoms with E-state index in [-0.39, 0.29) is 35.8 Å².